The van der Waals surface area contributed by atoms with Crippen molar-refractivity contribution in [1.82, 2.24) is 4.57 Å². The van der Waals surface area contributed by atoms with Gasteiger partial charge in [-0.2, -0.15) is 0 Å². The number of nitro benzene ring substituents is 1. The molecule has 11 nitrogen and oxygen atoms in total. The van der Waals surface area contributed by atoms with E-state index in [1.807, 2.05) is 13.8 Å². The maximum absolute atomic E-state index is 14.1. The van der Waals surface area contributed by atoms with Gasteiger partial charge in [0.2, 0.25) is 5.75 Å². The molecule has 0 fully saturated rings. The lowest BCUT2D eigenvalue weighted by molar-refractivity contribution is -0.386. The summed E-state index contributed by atoms with van der Waals surface area (Å²) in [6.07, 6.45) is 1.44. The minimum absolute atomic E-state index is 0.0436. The molecule has 4 aromatic rings. The number of halogens is 2. The highest BCUT2D eigenvalue weighted by Gasteiger charge is 2.34. The van der Waals surface area contributed by atoms with Crippen molar-refractivity contribution in [2.45, 2.75) is 46.4 Å². The first-order valence-electron chi connectivity index (χ1n) is 14.8. The summed E-state index contributed by atoms with van der Waals surface area (Å²) in [5, 5.41) is 12.7. The number of ether oxygens (including phenoxy) is 4. The van der Waals surface area contributed by atoms with E-state index in [9.17, 15) is 19.7 Å². The standard InChI is InChI=1S/C34H31BrClN3O8S/c1-6-45-33(41)29-19(4)37-34-38(30(29)22-9-12-26(47-18(2)3)27(16-22)44-5)32(40)28(48-34)15-21-13-24(35)31(25(14-21)39(42)43)46-17-20-7-10-23(36)11-8-20/h7-16,18,30H,6,17H2,1-5H3/b28-15+/t30-/m0/s1. The van der Waals surface area contributed by atoms with Gasteiger partial charge in [0.25, 0.3) is 5.56 Å². The number of allylic oxidation sites excluding steroid dienone is 1. The summed E-state index contributed by atoms with van der Waals surface area (Å²) in [5.41, 5.74) is 1.61. The van der Waals surface area contributed by atoms with Crippen LogP contribution < -0.4 is 29.1 Å². The predicted octanol–water partition coefficient (Wildman–Crippen LogP) is 6.50. The summed E-state index contributed by atoms with van der Waals surface area (Å²) < 4.78 is 24.7. The number of hydrogen-bond donors (Lipinski definition) is 0. The number of thiazole rings is 1. The Morgan fingerprint density at radius 1 is 1.17 bits per heavy atom. The summed E-state index contributed by atoms with van der Waals surface area (Å²) in [7, 11) is 1.51. The molecule has 48 heavy (non-hydrogen) atoms. The second-order valence-electron chi connectivity index (χ2n) is 10.9. The van der Waals surface area contributed by atoms with Crippen molar-refractivity contribution in [2.75, 3.05) is 13.7 Å². The minimum Gasteiger partial charge on any atom is -0.493 e. The molecule has 0 bridgehead atoms. The third kappa shape index (κ3) is 7.33. The smallest absolute Gasteiger partial charge is 0.338 e. The van der Waals surface area contributed by atoms with E-state index < -0.39 is 22.5 Å². The van der Waals surface area contributed by atoms with Crippen LogP contribution in [-0.2, 0) is 16.1 Å². The molecule has 1 aromatic heterocycles. The Morgan fingerprint density at radius 3 is 2.54 bits per heavy atom. The molecule has 0 spiro atoms. The molecule has 14 heteroatoms. The van der Waals surface area contributed by atoms with Gasteiger partial charge in [-0.25, -0.2) is 9.79 Å². The lowest BCUT2D eigenvalue weighted by atomic mass is 9.95. The first-order chi connectivity index (χ1) is 22.9. The first-order valence-corrected chi connectivity index (χ1v) is 16.8. The van der Waals surface area contributed by atoms with Gasteiger partial charge in [0, 0.05) is 11.1 Å². The quantitative estimate of drug-likeness (QED) is 0.0964. The van der Waals surface area contributed by atoms with Crippen molar-refractivity contribution in [3.8, 4) is 17.2 Å². The van der Waals surface area contributed by atoms with Gasteiger partial charge in [0.1, 0.15) is 6.61 Å². The van der Waals surface area contributed by atoms with Crippen molar-refractivity contribution in [3.05, 3.63) is 122 Å². The molecule has 1 aliphatic heterocycles. The van der Waals surface area contributed by atoms with Crippen molar-refractivity contribution >= 4 is 56.6 Å². The summed E-state index contributed by atoms with van der Waals surface area (Å²) >= 11 is 10.5. The fourth-order valence-corrected chi connectivity index (χ4v) is 6.92. The van der Waals surface area contributed by atoms with E-state index in [0.717, 1.165) is 16.9 Å². The zero-order chi connectivity index (χ0) is 34.7. The Labute approximate surface area is 293 Å². The normalized spacial score (nSPS) is 14.4. The summed E-state index contributed by atoms with van der Waals surface area (Å²) in [4.78, 5) is 43.9. The van der Waals surface area contributed by atoms with Crippen LogP contribution in [0.2, 0.25) is 5.02 Å². The molecule has 250 valence electrons. The molecule has 3 aromatic carbocycles. The molecule has 1 atom stereocenters. The fourth-order valence-electron chi connectivity index (χ4n) is 5.16. The molecule has 0 unspecified atom stereocenters. The highest BCUT2D eigenvalue weighted by molar-refractivity contribution is 9.10. The molecule has 0 radical (unpaired) electrons. The monoisotopic (exact) mass is 755 g/mol. The number of carbonyl (C=O) groups excluding carboxylic acids is 1. The van der Waals surface area contributed by atoms with Crippen molar-refractivity contribution in [1.29, 1.82) is 0 Å². The van der Waals surface area contributed by atoms with E-state index in [1.165, 1.54) is 17.7 Å². The van der Waals surface area contributed by atoms with Gasteiger partial charge in [-0.05, 0) is 96.7 Å². The van der Waals surface area contributed by atoms with E-state index in [-0.39, 0.29) is 40.9 Å². The maximum Gasteiger partial charge on any atom is 0.338 e. The molecular weight excluding hydrogens is 726 g/mol. The molecule has 2 heterocycles. The number of nitro groups is 1. The zero-order valence-electron chi connectivity index (χ0n) is 26.6. The van der Waals surface area contributed by atoms with Gasteiger partial charge in [-0.3, -0.25) is 19.5 Å². The first kappa shape index (κ1) is 34.9. The lowest BCUT2D eigenvalue weighted by Gasteiger charge is -2.25. The van der Waals surface area contributed by atoms with Crippen LogP contribution in [-0.4, -0.2) is 35.3 Å². The Balaban J connectivity index is 1.61. The number of benzene rings is 3. The van der Waals surface area contributed by atoms with Crippen LogP contribution in [0.3, 0.4) is 0 Å². The average Bonchev–Trinajstić information content (AvgIpc) is 3.34. The molecule has 1 aliphatic rings. The number of aromatic nitrogens is 1. The van der Waals surface area contributed by atoms with Crippen LogP contribution >= 0.6 is 38.9 Å². The topological polar surface area (TPSA) is 131 Å². The Morgan fingerprint density at radius 2 is 1.90 bits per heavy atom. The van der Waals surface area contributed by atoms with E-state index in [1.54, 1.807) is 68.5 Å². The minimum atomic E-state index is -0.894. The van der Waals surface area contributed by atoms with Crippen LogP contribution in [0.25, 0.3) is 6.08 Å². The lowest BCUT2D eigenvalue weighted by Crippen LogP contribution is -2.40. The maximum atomic E-state index is 14.1. The van der Waals surface area contributed by atoms with Gasteiger partial charge in [-0.1, -0.05) is 41.1 Å². The number of rotatable bonds is 11. The predicted molar refractivity (Wildman–Crippen MR) is 186 cm³/mol. The van der Waals surface area contributed by atoms with Gasteiger partial charge in [-0.15, -0.1) is 0 Å². The number of nitrogens with zero attached hydrogens (tertiary/aromatic N) is 3. The van der Waals surface area contributed by atoms with Crippen molar-refractivity contribution in [2.24, 2.45) is 4.99 Å². The Kier molecular flexibility index (Phi) is 10.7. The van der Waals surface area contributed by atoms with Crippen LogP contribution in [0.1, 0.15) is 50.4 Å². The molecule has 0 saturated heterocycles. The van der Waals surface area contributed by atoms with Gasteiger partial charge in [0.15, 0.2) is 16.3 Å². The van der Waals surface area contributed by atoms with Crippen LogP contribution in [0.15, 0.2) is 80.1 Å². The number of carbonyl (C=O) groups is 1. The number of hydrogen-bond acceptors (Lipinski definition) is 10. The molecule has 0 saturated carbocycles. The van der Waals surface area contributed by atoms with Gasteiger partial charge >= 0.3 is 11.7 Å². The van der Waals surface area contributed by atoms with Gasteiger partial charge < -0.3 is 18.9 Å². The molecule has 0 amide bonds. The van der Waals surface area contributed by atoms with Gasteiger partial charge in [0.05, 0.1) is 51.1 Å². The molecule has 0 N–H and O–H groups in total. The van der Waals surface area contributed by atoms with Crippen LogP contribution in [0.5, 0.6) is 17.2 Å². The summed E-state index contributed by atoms with van der Waals surface area (Å²) in [5.74, 6) is 0.377. The van der Waals surface area contributed by atoms with E-state index in [0.29, 0.717) is 42.6 Å². The molecule has 5 rings (SSSR count). The number of fused-ring (bicyclic) bond motifs is 1. The van der Waals surface area contributed by atoms with E-state index in [2.05, 4.69) is 20.9 Å². The highest BCUT2D eigenvalue weighted by atomic mass is 79.9. The van der Waals surface area contributed by atoms with Crippen LogP contribution in [0, 0.1) is 10.1 Å². The highest BCUT2D eigenvalue weighted by Crippen LogP contribution is 2.38. The Bertz CT molecular complexity index is 2110. The Hall–Kier alpha value is -4.46. The van der Waals surface area contributed by atoms with E-state index in [4.69, 9.17) is 30.5 Å². The third-order valence-electron chi connectivity index (χ3n) is 7.22. The SMILES string of the molecule is CCOC(=O)C1=C(C)N=c2s/c(=C/c3cc(Br)c(OCc4ccc(Cl)cc4)c([N+](=O)[O-])c3)c(=O)n2[C@H]1c1ccc(OC(C)C)c(OC)c1. The second kappa shape index (κ2) is 14.8. The number of esters is 1. The van der Waals surface area contributed by atoms with Crippen LogP contribution in [0.4, 0.5) is 5.69 Å². The summed E-state index contributed by atoms with van der Waals surface area (Å²) in [6.45, 7) is 7.38. The zero-order valence-corrected chi connectivity index (χ0v) is 29.8. The van der Waals surface area contributed by atoms with Crippen molar-refractivity contribution < 1.29 is 28.7 Å². The largest absolute Gasteiger partial charge is 0.493 e. The average molecular weight is 757 g/mol. The second-order valence-corrected chi connectivity index (χ2v) is 13.2. The molecular formula is C34H31BrClN3O8S. The molecule has 0 aliphatic carbocycles. The van der Waals surface area contributed by atoms with E-state index >= 15 is 0 Å². The summed E-state index contributed by atoms with van der Waals surface area (Å²) in [6, 6.07) is 14.2. The fraction of sp³-hybridized carbons (Fsp3) is 0.265. The third-order valence-corrected chi connectivity index (χ3v) is 9.04. The number of methoxy groups -OCH3 is 1. The van der Waals surface area contributed by atoms with Crippen molar-refractivity contribution in [3.63, 3.8) is 0 Å².